The van der Waals surface area contributed by atoms with Crippen molar-refractivity contribution in [1.82, 2.24) is 10.2 Å². The molecule has 3 rings (SSSR count). The summed E-state index contributed by atoms with van der Waals surface area (Å²) in [6.07, 6.45) is 0. The highest BCUT2D eigenvalue weighted by molar-refractivity contribution is 9.10. The van der Waals surface area contributed by atoms with Crippen LogP contribution in [-0.2, 0) is 0 Å². The molecule has 19 heavy (non-hydrogen) atoms. The molecule has 0 bridgehead atoms. The van der Waals surface area contributed by atoms with Crippen LogP contribution in [0.4, 0.5) is 10.2 Å². The first-order valence-electron chi connectivity index (χ1n) is 5.50. The number of halogens is 2. The van der Waals surface area contributed by atoms with Crippen LogP contribution in [0.2, 0.25) is 0 Å². The summed E-state index contributed by atoms with van der Waals surface area (Å²) in [6, 6.07) is 8.78. The Labute approximate surface area is 121 Å². The van der Waals surface area contributed by atoms with Gasteiger partial charge in [0.05, 0.1) is 15.7 Å². The standard InChI is InChI=1S/C13H9BrFN3S/c14-11-7(3-1-4-8(11)15)12-10(13(16)18-17-12)9-5-2-6-19-9/h1-6H,(H3,16,17,18). The predicted octanol–water partition coefficient (Wildman–Crippen LogP) is 4.29. The van der Waals surface area contributed by atoms with Gasteiger partial charge in [0.1, 0.15) is 5.82 Å². The molecule has 1 aromatic carbocycles. The van der Waals surface area contributed by atoms with Gasteiger partial charge in [-0.2, -0.15) is 5.10 Å². The second-order valence-electron chi connectivity index (χ2n) is 3.94. The average Bonchev–Trinajstić information content (AvgIpc) is 3.02. The highest BCUT2D eigenvalue weighted by atomic mass is 79.9. The monoisotopic (exact) mass is 337 g/mol. The van der Waals surface area contributed by atoms with Gasteiger partial charge in [-0.25, -0.2) is 4.39 Å². The van der Waals surface area contributed by atoms with Gasteiger partial charge in [0, 0.05) is 10.4 Å². The van der Waals surface area contributed by atoms with E-state index < -0.39 is 0 Å². The fourth-order valence-electron chi connectivity index (χ4n) is 1.92. The number of rotatable bonds is 2. The Hall–Kier alpha value is -1.66. The van der Waals surface area contributed by atoms with Gasteiger partial charge in [0.2, 0.25) is 0 Å². The van der Waals surface area contributed by atoms with E-state index in [1.54, 1.807) is 17.4 Å². The number of nitrogens with two attached hydrogens (primary N) is 1. The summed E-state index contributed by atoms with van der Waals surface area (Å²) >= 11 is 4.83. The maximum Gasteiger partial charge on any atom is 0.154 e. The molecular weight excluding hydrogens is 329 g/mol. The van der Waals surface area contributed by atoms with Gasteiger partial charge in [-0.3, -0.25) is 5.10 Å². The molecule has 0 unspecified atom stereocenters. The van der Waals surface area contributed by atoms with Crippen LogP contribution in [-0.4, -0.2) is 10.2 Å². The first kappa shape index (κ1) is 12.4. The van der Waals surface area contributed by atoms with Crippen LogP contribution in [0, 0.1) is 5.82 Å². The van der Waals surface area contributed by atoms with Crippen molar-refractivity contribution >= 4 is 33.1 Å². The van der Waals surface area contributed by atoms with E-state index in [1.165, 1.54) is 6.07 Å². The van der Waals surface area contributed by atoms with Crippen molar-refractivity contribution in [2.45, 2.75) is 0 Å². The number of aromatic amines is 1. The van der Waals surface area contributed by atoms with Crippen LogP contribution in [0.5, 0.6) is 0 Å². The maximum absolute atomic E-state index is 13.6. The Morgan fingerprint density at radius 3 is 2.84 bits per heavy atom. The van der Waals surface area contributed by atoms with Crippen LogP contribution in [0.3, 0.4) is 0 Å². The van der Waals surface area contributed by atoms with Crippen molar-refractivity contribution in [1.29, 1.82) is 0 Å². The van der Waals surface area contributed by atoms with Crippen LogP contribution < -0.4 is 5.73 Å². The third kappa shape index (κ3) is 2.06. The molecule has 0 fully saturated rings. The fraction of sp³-hybridized carbons (Fsp3) is 0. The molecule has 0 aliphatic rings. The molecule has 2 aromatic heterocycles. The Morgan fingerprint density at radius 1 is 1.26 bits per heavy atom. The van der Waals surface area contributed by atoms with E-state index in [0.29, 0.717) is 21.5 Å². The number of anilines is 1. The van der Waals surface area contributed by atoms with Crippen molar-refractivity contribution in [2.24, 2.45) is 0 Å². The van der Waals surface area contributed by atoms with E-state index in [0.717, 1.165) is 10.4 Å². The molecule has 3 nitrogen and oxygen atoms in total. The summed E-state index contributed by atoms with van der Waals surface area (Å²) in [4.78, 5) is 0.998. The molecule has 0 spiro atoms. The summed E-state index contributed by atoms with van der Waals surface area (Å²) in [5.74, 6) is 0.0939. The van der Waals surface area contributed by atoms with E-state index >= 15 is 0 Å². The Balaban J connectivity index is 2.25. The van der Waals surface area contributed by atoms with Gasteiger partial charge in [-0.1, -0.05) is 18.2 Å². The highest BCUT2D eigenvalue weighted by Gasteiger charge is 2.18. The van der Waals surface area contributed by atoms with Crippen LogP contribution in [0.25, 0.3) is 21.7 Å². The third-order valence-corrected chi connectivity index (χ3v) is 4.48. The summed E-state index contributed by atoms with van der Waals surface area (Å²) in [6.45, 7) is 0. The Kier molecular flexibility index (Phi) is 3.12. The highest BCUT2D eigenvalue weighted by Crippen LogP contribution is 2.40. The minimum atomic E-state index is -0.317. The summed E-state index contributed by atoms with van der Waals surface area (Å²) < 4.78 is 14.0. The van der Waals surface area contributed by atoms with Gasteiger partial charge in [0.25, 0.3) is 0 Å². The second kappa shape index (κ2) is 4.79. The molecular formula is C13H9BrFN3S. The number of hydrogen-bond acceptors (Lipinski definition) is 3. The normalized spacial score (nSPS) is 10.8. The third-order valence-electron chi connectivity index (χ3n) is 2.78. The van der Waals surface area contributed by atoms with Gasteiger partial charge in [0.15, 0.2) is 5.82 Å². The lowest BCUT2D eigenvalue weighted by Crippen LogP contribution is -1.88. The molecule has 0 aliphatic carbocycles. The first-order chi connectivity index (χ1) is 9.18. The molecule has 3 N–H and O–H groups in total. The number of hydrogen-bond donors (Lipinski definition) is 2. The lowest BCUT2D eigenvalue weighted by Gasteiger charge is -2.05. The number of nitrogens with zero attached hydrogens (tertiary/aromatic N) is 1. The lowest BCUT2D eigenvalue weighted by molar-refractivity contribution is 0.621. The molecule has 96 valence electrons. The molecule has 2 heterocycles. The smallest absolute Gasteiger partial charge is 0.154 e. The largest absolute Gasteiger partial charge is 0.382 e. The van der Waals surface area contributed by atoms with E-state index in [9.17, 15) is 4.39 Å². The maximum atomic E-state index is 13.6. The number of aromatic nitrogens is 2. The summed E-state index contributed by atoms with van der Waals surface area (Å²) in [5.41, 5.74) is 8.14. The van der Waals surface area contributed by atoms with Crippen LogP contribution in [0.15, 0.2) is 40.2 Å². The van der Waals surface area contributed by atoms with Crippen LogP contribution >= 0.6 is 27.3 Å². The van der Waals surface area contributed by atoms with E-state index in [4.69, 9.17) is 5.73 Å². The van der Waals surface area contributed by atoms with E-state index in [1.807, 2.05) is 23.6 Å². The van der Waals surface area contributed by atoms with Gasteiger partial charge in [-0.05, 0) is 33.4 Å². The van der Waals surface area contributed by atoms with E-state index in [-0.39, 0.29) is 5.82 Å². The molecule has 6 heteroatoms. The molecule has 0 radical (unpaired) electrons. The molecule has 0 atom stereocenters. The average molecular weight is 338 g/mol. The predicted molar refractivity (Wildman–Crippen MR) is 79.4 cm³/mol. The van der Waals surface area contributed by atoms with Crippen molar-refractivity contribution in [3.8, 4) is 21.7 Å². The Morgan fingerprint density at radius 2 is 2.11 bits per heavy atom. The first-order valence-corrected chi connectivity index (χ1v) is 7.18. The topological polar surface area (TPSA) is 54.7 Å². The van der Waals surface area contributed by atoms with Gasteiger partial charge in [-0.15, -0.1) is 11.3 Å². The fourth-order valence-corrected chi connectivity index (χ4v) is 3.17. The van der Waals surface area contributed by atoms with Crippen molar-refractivity contribution in [2.75, 3.05) is 5.73 Å². The SMILES string of the molecule is Nc1n[nH]c(-c2cccc(F)c2Br)c1-c1cccs1. The van der Waals surface area contributed by atoms with Crippen molar-refractivity contribution in [3.05, 3.63) is 46.0 Å². The quantitative estimate of drug-likeness (QED) is 0.732. The molecule has 3 aromatic rings. The number of thiophene rings is 1. The lowest BCUT2D eigenvalue weighted by atomic mass is 10.1. The molecule has 0 saturated heterocycles. The number of benzene rings is 1. The van der Waals surface area contributed by atoms with Crippen molar-refractivity contribution in [3.63, 3.8) is 0 Å². The van der Waals surface area contributed by atoms with Crippen molar-refractivity contribution < 1.29 is 4.39 Å². The summed E-state index contributed by atoms with van der Waals surface area (Å²) in [7, 11) is 0. The minimum absolute atomic E-state index is 0.317. The van der Waals surface area contributed by atoms with Crippen LogP contribution in [0.1, 0.15) is 0 Å². The molecule has 0 saturated carbocycles. The number of H-pyrrole nitrogens is 1. The Bertz CT molecular complexity index is 722. The summed E-state index contributed by atoms with van der Waals surface area (Å²) in [5, 5.41) is 8.88. The van der Waals surface area contributed by atoms with Gasteiger partial charge < -0.3 is 5.73 Å². The zero-order valence-corrected chi connectivity index (χ0v) is 12.1. The zero-order valence-electron chi connectivity index (χ0n) is 9.65. The number of nitrogens with one attached hydrogen (secondary N) is 1. The second-order valence-corrected chi connectivity index (χ2v) is 5.68. The number of nitrogen functional groups attached to an aromatic ring is 1. The van der Waals surface area contributed by atoms with E-state index in [2.05, 4.69) is 26.1 Å². The molecule has 0 amide bonds. The minimum Gasteiger partial charge on any atom is -0.382 e. The zero-order chi connectivity index (χ0) is 13.4. The van der Waals surface area contributed by atoms with Gasteiger partial charge >= 0.3 is 0 Å². The molecule has 0 aliphatic heterocycles.